The highest BCUT2D eigenvalue weighted by Gasteiger charge is 2.36. The number of fused-ring (bicyclic) bond motifs is 1. The number of nitrogens with two attached hydrogens (primary N) is 1. The standard InChI is InChI=1S/C24H18F7N5O2/c1-10-5-15(35-22(38)20(37)12-6-13(23(26,27)28)8-14(25)7-12)3-4-16(10)18-19-21(32)33-9-17(24(29,30)31)36(19)11(2)34-18/h3-9,20,37H,1-2H3,(H2,32,33)(H,35,38)/i2D3. The van der Waals surface area contributed by atoms with E-state index in [1.807, 2.05) is 0 Å². The Hall–Kier alpha value is -4.20. The minimum atomic E-state index is -5.01. The second-order valence-corrected chi connectivity index (χ2v) is 8.19. The molecule has 4 rings (SSSR count). The fraction of sp³-hybridized carbons (Fsp3) is 0.208. The van der Waals surface area contributed by atoms with Crippen LogP contribution >= 0.6 is 0 Å². The van der Waals surface area contributed by atoms with Crippen LogP contribution in [-0.2, 0) is 17.1 Å². The summed E-state index contributed by atoms with van der Waals surface area (Å²) < 4.78 is 117. The maximum atomic E-state index is 13.7. The molecule has 2 aromatic carbocycles. The third-order valence-corrected chi connectivity index (χ3v) is 5.54. The summed E-state index contributed by atoms with van der Waals surface area (Å²) in [7, 11) is 0. The average Bonchev–Trinajstić information content (AvgIpc) is 3.24. The third kappa shape index (κ3) is 4.98. The minimum Gasteiger partial charge on any atom is -0.382 e. The zero-order valence-electron chi connectivity index (χ0n) is 22.0. The maximum Gasteiger partial charge on any atom is 0.433 e. The molecular formula is C24H18F7N5O2. The van der Waals surface area contributed by atoms with Crippen molar-refractivity contribution in [3.63, 3.8) is 0 Å². The Labute approximate surface area is 214 Å². The fourth-order valence-corrected chi connectivity index (χ4v) is 3.83. The van der Waals surface area contributed by atoms with Gasteiger partial charge in [0.1, 0.15) is 34.4 Å². The van der Waals surface area contributed by atoms with Crippen LogP contribution in [0.25, 0.3) is 16.8 Å². The summed E-state index contributed by atoms with van der Waals surface area (Å²) >= 11 is 0. The summed E-state index contributed by atoms with van der Waals surface area (Å²) in [4.78, 5) is 20.0. The average molecular weight is 544 g/mol. The number of hydrogen-bond acceptors (Lipinski definition) is 5. The summed E-state index contributed by atoms with van der Waals surface area (Å²) in [6.07, 6.45) is -11.8. The van der Waals surface area contributed by atoms with Crippen molar-refractivity contribution in [2.24, 2.45) is 0 Å². The highest BCUT2D eigenvalue weighted by molar-refractivity contribution is 5.95. The molecule has 0 saturated carbocycles. The van der Waals surface area contributed by atoms with Crippen molar-refractivity contribution in [3.8, 4) is 11.3 Å². The van der Waals surface area contributed by atoms with E-state index >= 15 is 0 Å². The number of rotatable bonds is 4. The van der Waals surface area contributed by atoms with Crippen LogP contribution in [0.4, 0.5) is 42.2 Å². The molecule has 1 amide bonds. The van der Waals surface area contributed by atoms with Gasteiger partial charge in [0.2, 0.25) is 0 Å². The van der Waals surface area contributed by atoms with Gasteiger partial charge in [-0.2, -0.15) is 26.3 Å². The maximum absolute atomic E-state index is 13.7. The van der Waals surface area contributed by atoms with Gasteiger partial charge in [0.15, 0.2) is 6.10 Å². The van der Waals surface area contributed by atoms with Crippen molar-refractivity contribution in [1.82, 2.24) is 14.4 Å². The normalized spacial score (nSPS) is 14.6. The number of halogens is 7. The Morgan fingerprint density at radius 2 is 1.84 bits per heavy atom. The lowest BCUT2D eigenvalue weighted by molar-refractivity contribution is -0.142. The Morgan fingerprint density at radius 3 is 2.45 bits per heavy atom. The van der Waals surface area contributed by atoms with E-state index in [1.165, 1.54) is 25.1 Å². The number of imidazole rings is 1. The van der Waals surface area contributed by atoms with E-state index in [1.54, 1.807) is 0 Å². The van der Waals surface area contributed by atoms with Crippen molar-refractivity contribution in [2.45, 2.75) is 32.2 Å². The van der Waals surface area contributed by atoms with Gasteiger partial charge in [-0.25, -0.2) is 14.4 Å². The summed E-state index contributed by atoms with van der Waals surface area (Å²) in [5.41, 5.74) is 2.03. The van der Waals surface area contributed by atoms with Crippen LogP contribution in [0, 0.1) is 19.6 Å². The molecular weight excluding hydrogens is 523 g/mol. The first-order valence-electron chi connectivity index (χ1n) is 12.0. The largest absolute Gasteiger partial charge is 0.433 e. The lowest BCUT2D eigenvalue weighted by Crippen LogP contribution is -2.21. The molecule has 38 heavy (non-hydrogen) atoms. The van der Waals surface area contributed by atoms with E-state index in [0.717, 1.165) is 0 Å². The molecule has 2 aromatic heterocycles. The van der Waals surface area contributed by atoms with E-state index in [4.69, 9.17) is 9.85 Å². The van der Waals surface area contributed by atoms with Crippen molar-refractivity contribution < 1.29 is 44.7 Å². The minimum absolute atomic E-state index is 0.00983. The number of hydrogen-bond donors (Lipinski definition) is 3. The number of aliphatic hydroxyl groups excluding tert-OH is 1. The second-order valence-electron chi connectivity index (χ2n) is 8.19. The summed E-state index contributed by atoms with van der Waals surface area (Å²) in [6.45, 7) is -1.64. The van der Waals surface area contributed by atoms with Gasteiger partial charge in [0, 0.05) is 15.4 Å². The molecule has 2 heterocycles. The van der Waals surface area contributed by atoms with E-state index in [2.05, 4.69) is 15.3 Å². The van der Waals surface area contributed by atoms with Gasteiger partial charge in [-0.05, 0) is 55.2 Å². The van der Waals surface area contributed by atoms with Gasteiger partial charge in [0.05, 0.1) is 11.8 Å². The number of nitrogens with zero attached hydrogens (tertiary/aromatic N) is 3. The first-order chi connectivity index (χ1) is 18.8. The predicted molar refractivity (Wildman–Crippen MR) is 122 cm³/mol. The van der Waals surface area contributed by atoms with E-state index in [-0.39, 0.29) is 28.6 Å². The number of aryl methyl sites for hydroxylation is 2. The van der Waals surface area contributed by atoms with Crippen LogP contribution in [0.5, 0.6) is 0 Å². The molecule has 0 saturated heterocycles. The summed E-state index contributed by atoms with van der Waals surface area (Å²) in [6, 6.07) is 4.96. The number of nitrogens with one attached hydrogen (secondary N) is 1. The molecule has 0 aliphatic carbocycles. The Morgan fingerprint density at radius 1 is 1.13 bits per heavy atom. The molecule has 0 fully saturated rings. The molecule has 200 valence electrons. The Kier molecular flexibility index (Phi) is 5.60. The van der Waals surface area contributed by atoms with Crippen molar-refractivity contribution in [1.29, 1.82) is 0 Å². The molecule has 0 bridgehead atoms. The molecule has 7 nitrogen and oxygen atoms in total. The molecule has 0 aliphatic heterocycles. The molecule has 14 heteroatoms. The van der Waals surface area contributed by atoms with Gasteiger partial charge >= 0.3 is 12.4 Å². The molecule has 1 atom stereocenters. The van der Waals surface area contributed by atoms with Crippen molar-refractivity contribution in [3.05, 3.63) is 76.6 Å². The van der Waals surface area contributed by atoms with Crippen LogP contribution < -0.4 is 11.1 Å². The highest BCUT2D eigenvalue weighted by Crippen LogP contribution is 2.37. The van der Waals surface area contributed by atoms with Crippen LogP contribution in [0.1, 0.15) is 38.4 Å². The first-order valence-corrected chi connectivity index (χ1v) is 10.5. The van der Waals surface area contributed by atoms with Crippen LogP contribution in [-0.4, -0.2) is 25.4 Å². The van der Waals surface area contributed by atoms with Crippen LogP contribution in [0.2, 0.25) is 0 Å². The van der Waals surface area contributed by atoms with Crippen LogP contribution in [0.15, 0.2) is 42.6 Å². The number of carbonyl (C=O) groups excluding carboxylic acids is 1. The predicted octanol–water partition coefficient (Wildman–Crippen LogP) is 5.44. The number of anilines is 2. The number of amides is 1. The van der Waals surface area contributed by atoms with Gasteiger partial charge in [0.25, 0.3) is 5.91 Å². The highest BCUT2D eigenvalue weighted by atomic mass is 19.4. The lowest BCUT2D eigenvalue weighted by atomic mass is 10.0. The fourth-order valence-electron chi connectivity index (χ4n) is 3.83. The van der Waals surface area contributed by atoms with Crippen molar-refractivity contribution >= 4 is 22.9 Å². The second kappa shape index (κ2) is 9.28. The van der Waals surface area contributed by atoms with Gasteiger partial charge in [-0.15, -0.1) is 0 Å². The molecule has 4 N–H and O–H groups in total. The number of carbonyl (C=O) groups is 1. The van der Waals surface area contributed by atoms with Gasteiger partial charge < -0.3 is 16.2 Å². The molecule has 0 aliphatic rings. The number of aromatic nitrogens is 3. The molecule has 1 unspecified atom stereocenters. The molecule has 4 aromatic rings. The summed E-state index contributed by atoms with van der Waals surface area (Å²) in [5, 5.41) is 12.5. The van der Waals surface area contributed by atoms with E-state index < -0.39 is 71.0 Å². The number of nitrogen functional groups attached to an aromatic ring is 1. The monoisotopic (exact) mass is 544 g/mol. The van der Waals surface area contributed by atoms with Gasteiger partial charge in [-0.1, -0.05) is 6.07 Å². The van der Waals surface area contributed by atoms with Crippen molar-refractivity contribution in [2.75, 3.05) is 11.1 Å². The van der Waals surface area contributed by atoms with E-state index in [9.17, 15) is 40.6 Å². The smallest absolute Gasteiger partial charge is 0.382 e. The SMILES string of the molecule is [2H]C([2H])([2H])c1nc(-c2ccc(NC(=O)C(O)c3cc(F)cc(C(F)(F)F)c3)cc2C)c2c(N)ncc(C(F)(F)F)n12. The quantitative estimate of drug-likeness (QED) is 0.297. The zero-order chi connectivity index (χ0) is 30.7. The number of benzene rings is 2. The van der Waals surface area contributed by atoms with Crippen LogP contribution in [0.3, 0.4) is 0 Å². The Bertz CT molecular complexity index is 1670. The Balaban J connectivity index is 1.73. The third-order valence-electron chi connectivity index (χ3n) is 5.54. The van der Waals surface area contributed by atoms with E-state index in [0.29, 0.717) is 22.7 Å². The number of alkyl halides is 6. The number of aliphatic hydroxyl groups is 1. The topological polar surface area (TPSA) is 106 Å². The zero-order valence-corrected chi connectivity index (χ0v) is 19.0. The first kappa shape index (κ1) is 23.0. The lowest BCUT2D eigenvalue weighted by Gasteiger charge is -2.15. The molecule has 0 spiro atoms. The summed E-state index contributed by atoms with van der Waals surface area (Å²) in [5.74, 6) is -3.90. The van der Waals surface area contributed by atoms with Gasteiger partial charge in [-0.3, -0.25) is 9.20 Å². The molecule has 0 radical (unpaired) electrons.